The van der Waals surface area contributed by atoms with E-state index in [1.807, 2.05) is 12.1 Å². The minimum Gasteiger partial charge on any atom is -0.328 e. The van der Waals surface area contributed by atoms with Gasteiger partial charge in [0.1, 0.15) is 6.54 Å². The second-order valence-corrected chi connectivity index (χ2v) is 5.08. The number of carbonyl (C=O) groups is 1. The minimum atomic E-state index is -0.0467. The zero-order valence-electron chi connectivity index (χ0n) is 11.3. The molecule has 0 saturated heterocycles. The number of hydrogen-bond donors (Lipinski definition) is 1. The van der Waals surface area contributed by atoms with Crippen LogP contribution in [0.4, 0.5) is 5.69 Å². The van der Waals surface area contributed by atoms with E-state index in [0.29, 0.717) is 5.92 Å². The van der Waals surface area contributed by atoms with Crippen molar-refractivity contribution in [2.24, 2.45) is 5.92 Å². The highest BCUT2D eigenvalue weighted by molar-refractivity contribution is 5.90. The Morgan fingerprint density at radius 1 is 1.32 bits per heavy atom. The molecule has 1 N–H and O–H groups in total. The first-order valence-electron chi connectivity index (χ1n) is 6.48. The molecule has 1 amide bonds. The Labute approximate surface area is 113 Å². The van der Waals surface area contributed by atoms with Crippen LogP contribution < -0.4 is 5.32 Å². The molecule has 0 unspecified atom stereocenters. The van der Waals surface area contributed by atoms with Gasteiger partial charge in [0.05, 0.1) is 6.33 Å². The Kier molecular flexibility index (Phi) is 4.34. The molecule has 0 aliphatic rings. The van der Waals surface area contributed by atoms with Crippen LogP contribution in [0.5, 0.6) is 0 Å². The molecular weight excluding hydrogens is 238 g/mol. The first-order valence-corrected chi connectivity index (χ1v) is 6.48. The summed E-state index contributed by atoms with van der Waals surface area (Å²) < 4.78 is 1.74. The quantitative estimate of drug-likeness (QED) is 0.895. The van der Waals surface area contributed by atoms with Crippen molar-refractivity contribution in [3.63, 3.8) is 0 Å². The third kappa shape index (κ3) is 4.25. The van der Waals surface area contributed by atoms with E-state index in [0.717, 1.165) is 12.1 Å². The summed E-state index contributed by atoms with van der Waals surface area (Å²) in [6.07, 6.45) is 6.12. The summed E-state index contributed by atoms with van der Waals surface area (Å²) >= 11 is 0. The number of benzene rings is 1. The number of rotatable bonds is 5. The molecule has 2 rings (SSSR count). The van der Waals surface area contributed by atoms with Gasteiger partial charge in [0.15, 0.2) is 0 Å². The van der Waals surface area contributed by atoms with E-state index in [1.54, 1.807) is 23.3 Å². The second kappa shape index (κ2) is 6.18. The Hall–Kier alpha value is -2.10. The zero-order chi connectivity index (χ0) is 13.7. The summed E-state index contributed by atoms with van der Waals surface area (Å²) in [5.74, 6) is 0.594. The first kappa shape index (κ1) is 13.3. The van der Waals surface area contributed by atoms with Gasteiger partial charge < -0.3 is 9.88 Å². The maximum atomic E-state index is 11.8. The van der Waals surface area contributed by atoms with Gasteiger partial charge in [-0.2, -0.15) is 0 Å². The van der Waals surface area contributed by atoms with E-state index in [-0.39, 0.29) is 12.5 Å². The molecule has 19 heavy (non-hydrogen) atoms. The van der Waals surface area contributed by atoms with Crippen molar-refractivity contribution < 1.29 is 4.79 Å². The van der Waals surface area contributed by atoms with Crippen LogP contribution in [-0.2, 0) is 17.8 Å². The van der Waals surface area contributed by atoms with Gasteiger partial charge in [0.2, 0.25) is 5.91 Å². The largest absolute Gasteiger partial charge is 0.328 e. The number of anilines is 1. The monoisotopic (exact) mass is 257 g/mol. The fraction of sp³-hybridized carbons (Fsp3) is 0.333. The van der Waals surface area contributed by atoms with Gasteiger partial charge in [-0.1, -0.05) is 26.0 Å². The number of imidazole rings is 1. The van der Waals surface area contributed by atoms with Crippen molar-refractivity contribution in [1.82, 2.24) is 9.55 Å². The molecule has 4 nitrogen and oxygen atoms in total. The first-order chi connectivity index (χ1) is 9.13. The van der Waals surface area contributed by atoms with Gasteiger partial charge >= 0.3 is 0 Å². The van der Waals surface area contributed by atoms with Crippen LogP contribution in [0, 0.1) is 5.92 Å². The number of nitrogens with zero attached hydrogens (tertiary/aromatic N) is 2. The molecule has 1 aromatic carbocycles. The van der Waals surface area contributed by atoms with Gasteiger partial charge in [-0.3, -0.25) is 4.79 Å². The van der Waals surface area contributed by atoms with Crippen molar-refractivity contribution in [3.8, 4) is 0 Å². The number of hydrogen-bond acceptors (Lipinski definition) is 2. The van der Waals surface area contributed by atoms with Gasteiger partial charge in [-0.05, 0) is 30.0 Å². The summed E-state index contributed by atoms with van der Waals surface area (Å²) in [7, 11) is 0. The SMILES string of the molecule is CC(C)Cc1ccc(NC(=O)Cn2ccnc2)cc1. The summed E-state index contributed by atoms with van der Waals surface area (Å²) in [6, 6.07) is 8.02. The molecule has 0 aliphatic heterocycles. The van der Waals surface area contributed by atoms with Crippen LogP contribution in [0.15, 0.2) is 43.0 Å². The van der Waals surface area contributed by atoms with Crippen LogP contribution in [0.1, 0.15) is 19.4 Å². The molecule has 0 fully saturated rings. The molecule has 0 saturated carbocycles. The van der Waals surface area contributed by atoms with E-state index in [1.165, 1.54) is 5.56 Å². The number of amides is 1. The number of nitrogens with one attached hydrogen (secondary N) is 1. The topological polar surface area (TPSA) is 46.9 Å². The molecule has 0 spiro atoms. The molecule has 100 valence electrons. The highest BCUT2D eigenvalue weighted by Gasteiger charge is 2.03. The Morgan fingerprint density at radius 2 is 2.05 bits per heavy atom. The fourth-order valence-electron chi connectivity index (χ4n) is 1.94. The van der Waals surface area contributed by atoms with Crippen LogP contribution in [0.2, 0.25) is 0 Å². The van der Waals surface area contributed by atoms with Crippen LogP contribution >= 0.6 is 0 Å². The van der Waals surface area contributed by atoms with E-state index in [2.05, 4.69) is 36.3 Å². The maximum absolute atomic E-state index is 11.8. The highest BCUT2D eigenvalue weighted by atomic mass is 16.1. The van der Waals surface area contributed by atoms with Gasteiger partial charge in [0.25, 0.3) is 0 Å². The smallest absolute Gasteiger partial charge is 0.244 e. The standard InChI is InChI=1S/C15H19N3O/c1-12(2)9-13-3-5-14(6-4-13)17-15(19)10-18-8-7-16-11-18/h3-8,11-12H,9-10H2,1-2H3,(H,17,19). The third-order valence-corrected chi connectivity index (χ3v) is 2.77. The zero-order valence-corrected chi connectivity index (χ0v) is 11.3. The predicted octanol–water partition coefficient (Wildman–Crippen LogP) is 2.72. The van der Waals surface area contributed by atoms with Crippen molar-refractivity contribution in [2.75, 3.05) is 5.32 Å². The minimum absolute atomic E-state index is 0.0467. The summed E-state index contributed by atoms with van der Waals surface area (Å²) in [5, 5.41) is 2.87. The second-order valence-electron chi connectivity index (χ2n) is 5.08. The van der Waals surface area contributed by atoms with E-state index < -0.39 is 0 Å². The lowest BCUT2D eigenvalue weighted by molar-refractivity contribution is -0.116. The van der Waals surface area contributed by atoms with E-state index >= 15 is 0 Å². The van der Waals surface area contributed by atoms with Crippen molar-refractivity contribution in [3.05, 3.63) is 48.5 Å². The van der Waals surface area contributed by atoms with Crippen molar-refractivity contribution in [1.29, 1.82) is 0 Å². The van der Waals surface area contributed by atoms with Crippen LogP contribution in [0.3, 0.4) is 0 Å². The fourth-order valence-corrected chi connectivity index (χ4v) is 1.94. The molecule has 0 radical (unpaired) electrons. The van der Waals surface area contributed by atoms with E-state index in [4.69, 9.17) is 0 Å². The van der Waals surface area contributed by atoms with E-state index in [9.17, 15) is 4.79 Å². The Morgan fingerprint density at radius 3 is 2.63 bits per heavy atom. The average Bonchev–Trinajstić information content (AvgIpc) is 2.83. The lowest BCUT2D eigenvalue weighted by Crippen LogP contribution is -2.17. The van der Waals surface area contributed by atoms with Crippen LogP contribution in [-0.4, -0.2) is 15.5 Å². The molecule has 1 heterocycles. The Bertz CT molecular complexity index is 515. The van der Waals surface area contributed by atoms with Gasteiger partial charge in [-0.15, -0.1) is 0 Å². The lowest BCUT2D eigenvalue weighted by Gasteiger charge is -2.08. The van der Waals surface area contributed by atoms with Crippen LogP contribution in [0.25, 0.3) is 0 Å². The van der Waals surface area contributed by atoms with Gasteiger partial charge in [0, 0.05) is 18.1 Å². The predicted molar refractivity (Wildman–Crippen MR) is 75.8 cm³/mol. The third-order valence-electron chi connectivity index (χ3n) is 2.77. The molecule has 2 aromatic rings. The molecule has 0 bridgehead atoms. The summed E-state index contributed by atoms with van der Waals surface area (Å²) in [5.41, 5.74) is 2.13. The Balaban J connectivity index is 1.90. The number of aromatic nitrogens is 2. The normalized spacial score (nSPS) is 10.7. The van der Waals surface area contributed by atoms with Gasteiger partial charge in [-0.25, -0.2) is 4.98 Å². The molecule has 0 atom stereocenters. The molecule has 4 heteroatoms. The van der Waals surface area contributed by atoms with Crippen molar-refractivity contribution >= 4 is 11.6 Å². The summed E-state index contributed by atoms with van der Waals surface area (Å²) in [6.45, 7) is 4.68. The highest BCUT2D eigenvalue weighted by Crippen LogP contribution is 2.13. The lowest BCUT2D eigenvalue weighted by atomic mass is 10.0. The molecular formula is C15H19N3O. The molecule has 0 aliphatic carbocycles. The summed E-state index contributed by atoms with van der Waals surface area (Å²) in [4.78, 5) is 15.7. The average molecular weight is 257 g/mol. The number of carbonyl (C=O) groups excluding carboxylic acids is 1. The van der Waals surface area contributed by atoms with Crippen molar-refractivity contribution in [2.45, 2.75) is 26.8 Å². The molecule has 1 aromatic heterocycles. The maximum Gasteiger partial charge on any atom is 0.244 e.